The number of aryl methyl sites for hydroxylation is 1. The Morgan fingerprint density at radius 2 is 1.82 bits per heavy atom. The molecule has 1 aromatic heterocycles. The van der Waals surface area contributed by atoms with E-state index in [1.54, 1.807) is 12.3 Å². The molecule has 2 aromatic rings. The van der Waals surface area contributed by atoms with E-state index in [0.29, 0.717) is 42.4 Å². The number of aromatic nitrogens is 1. The first-order chi connectivity index (χ1) is 13.2. The van der Waals surface area contributed by atoms with Gasteiger partial charge in [-0.15, -0.1) is 0 Å². The van der Waals surface area contributed by atoms with Gasteiger partial charge in [0.1, 0.15) is 5.69 Å². The zero-order valence-electron chi connectivity index (χ0n) is 16.2. The first-order valence-electron chi connectivity index (χ1n) is 9.17. The molecular weight excluding hydrogens is 358 g/mol. The van der Waals surface area contributed by atoms with E-state index in [-0.39, 0.29) is 17.0 Å². The molecule has 1 heterocycles. The summed E-state index contributed by atoms with van der Waals surface area (Å²) in [5, 5.41) is 2.76. The largest absolute Gasteiger partial charge is 0.366 e. The van der Waals surface area contributed by atoms with E-state index in [2.05, 4.69) is 19.2 Å². The third kappa shape index (κ3) is 4.98. The van der Waals surface area contributed by atoms with Gasteiger partial charge in [-0.2, -0.15) is 0 Å². The Bertz CT molecular complexity index is 886. The molecule has 8 nitrogen and oxygen atoms in total. The summed E-state index contributed by atoms with van der Waals surface area (Å²) < 4.78 is 1.84. The first-order valence-corrected chi connectivity index (χ1v) is 9.17. The minimum Gasteiger partial charge on any atom is -0.366 e. The van der Waals surface area contributed by atoms with E-state index in [1.165, 1.54) is 18.2 Å². The van der Waals surface area contributed by atoms with E-state index in [9.17, 15) is 14.4 Å². The van der Waals surface area contributed by atoms with Gasteiger partial charge in [-0.25, -0.2) is 0 Å². The van der Waals surface area contributed by atoms with Crippen molar-refractivity contribution in [3.63, 3.8) is 0 Å². The molecule has 0 unspecified atom stereocenters. The molecule has 1 aromatic carbocycles. The third-order valence-corrected chi connectivity index (χ3v) is 4.39. The lowest BCUT2D eigenvalue weighted by molar-refractivity contribution is 0.0943. The number of hydrogen-bond donors (Lipinski definition) is 4. The van der Waals surface area contributed by atoms with Gasteiger partial charge in [0, 0.05) is 42.5 Å². The monoisotopic (exact) mass is 385 g/mol. The summed E-state index contributed by atoms with van der Waals surface area (Å²) in [6, 6.07) is 6.12. The molecule has 150 valence electrons. The number of primary amides is 2. The van der Waals surface area contributed by atoms with Crippen LogP contribution in [0, 0.1) is 5.92 Å². The van der Waals surface area contributed by atoms with Crippen LogP contribution in [0.25, 0.3) is 11.1 Å². The maximum atomic E-state index is 12.6. The summed E-state index contributed by atoms with van der Waals surface area (Å²) in [6.07, 6.45) is 2.65. The number of benzene rings is 1. The van der Waals surface area contributed by atoms with Crippen LogP contribution in [0.2, 0.25) is 0 Å². The van der Waals surface area contributed by atoms with Crippen molar-refractivity contribution in [2.75, 3.05) is 13.1 Å². The predicted octanol–water partition coefficient (Wildman–Crippen LogP) is 1.09. The summed E-state index contributed by atoms with van der Waals surface area (Å²) >= 11 is 0. The van der Waals surface area contributed by atoms with Gasteiger partial charge >= 0.3 is 0 Å². The number of carbonyl (C=O) groups is 3. The number of amides is 3. The fourth-order valence-corrected chi connectivity index (χ4v) is 2.86. The lowest BCUT2D eigenvalue weighted by atomic mass is 9.98. The molecule has 0 saturated carbocycles. The molecule has 28 heavy (non-hydrogen) atoms. The summed E-state index contributed by atoms with van der Waals surface area (Å²) in [5.74, 6) is -1.05. The zero-order chi connectivity index (χ0) is 20.8. The normalized spacial score (nSPS) is 10.9. The molecule has 2 rings (SSSR count). The molecule has 7 N–H and O–H groups in total. The maximum Gasteiger partial charge on any atom is 0.267 e. The highest BCUT2D eigenvalue weighted by Gasteiger charge is 2.19. The van der Waals surface area contributed by atoms with Crippen LogP contribution in [0.5, 0.6) is 0 Å². The second kappa shape index (κ2) is 9.18. The van der Waals surface area contributed by atoms with Gasteiger partial charge in [0.15, 0.2) is 0 Å². The van der Waals surface area contributed by atoms with E-state index < -0.39 is 11.8 Å². The number of nitrogens with one attached hydrogen (secondary N) is 1. The van der Waals surface area contributed by atoms with E-state index in [0.717, 1.165) is 6.42 Å². The Hall–Kier alpha value is -3.13. The van der Waals surface area contributed by atoms with Crippen LogP contribution < -0.4 is 22.5 Å². The Morgan fingerprint density at radius 1 is 1.11 bits per heavy atom. The number of nitrogens with two attached hydrogens (primary N) is 3. The van der Waals surface area contributed by atoms with Crippen LogP contribution in [0.4, 0.5) is 0 Å². The van der Waals surface area contributed by atoms with Gasteiger partial charge in [0.2, 0.25) is 11.8 Å². The molecule has 0 aliphatic rings. The Kier molecular flexibility index (Phi) is 6.94. The minimum absolute atomic E-state index is 0.250. The molecule has 0 aliphatic heterocycles. The van der Waals surface area contributed by atoms with Crippen molar-refractivity contribution in [2.24, 2.45) is 23.1 Å². The van der Waals surface area contributed by atoms with Crippen LogP contribution in [0.3, 0.4) is 0 Å². The van der Waals surface area contributed by atoms with Crippen LogP contribution in [-0.2, 0) is 6.54 Å². The van der Waals surface area contributed by atoms with Crippen molar-refractivity contribution >= 4 is 17.7 Å². The second-order valence-electron chi connectivity index (χ2n) is 7.02. The number of carbonyl (C=O) groups excluding carboxylic acids is 3. The van der Waals surface area contributed by atoms with Crippen LogP contribution in [-0.4, -0.2) is 35.4 Å². The first kappa shape index (κ1) is 21.2. The van der Waals surface area contributed by atoms with Crippen molar-refractivity contribution in [3.8, 4) is 11.1 Å². The SMILES string of the molecule is CC(C)CCn1cc(-c2cc(C(N)=O)ccc2C(N)=O)cc1C(=O)NCCN. The van der Waals surface area contributed by atoms with Gasteiger partial charge in [-0.05, 0) is 42.2 Å². The summed E-state index contributed by atoms with van der Waals surface area (Å²) in [7, 11) is 0. The van der Waals surface area contributed by atoms with Gasteiger partial charge in [-0.3, -0.25) is 14.4 Å². The van der Waals surface area contributed by atoms with E-state index in [1.807, 2.05) is 4.57 Å². The van der Waals surface area contributed by atoms with E-state index >= 15 is 0 Å². The quantitative estimate of drug-likeness (QED) is 0.511. The molecule has 0 aliphatic carbocycles. The standard InChI is InChI=1S/C20H27N5O3/c1-12(2)5-8-25-11-14(10-17(25)20(28)24-7-6-21)16-9-13(18(22)26)3-4-15(16)19(23)27/h3-4,9-12H,5-8,21H2,1-2H3,(H2,22,26)(H2,23,27)(H,24,28). The number of hydrogen-bond acceptors (Lipinski definition) is 4. The van der Waals surface area contributed by atoms with Gasteiger partial charge in [-0.1, -0.05) is 13.8 Å². The highest BCUT2D eigenvalue weighted by atomic mass is 16.2. The molecule has 0 saturated heterocycles. The second-order valence-corrected chi connectivity index (χ2v) is 7.02. The minimum atomic E-state index is -0.630. The highest BCUT2D eigenvalue weighted by Crippen LogP contribution is 2.28. The Morgan fingerprint density at radius 3 is 2.39 bits per heavy atom. The lowest BCUT2D eigenvalue weighted by Crippen LogP contribution is -2.30. The van der Waals surface area contributed by atoms with E-state index in [4.69, 9.17) is 17.2 Å². The van der Waals surface area contributed by atoms with Crippen LogP contribution in [0.15, 0.2) is 30.5 Å². The van der Waals surface area contributed by atoms with Crippen LogP contribution >= 0.6 is 0 Å². The van der Waals surface area contributed by atoms with Crippen LogP contribution in [0.1, 0.15) is 51.5 Å². The fraction of sp³-hybridized carbons (Fsp3) is 0.350. The average Bonchev–Trinajstić information content (AvgIpc) is 3.08. The molecule has 0 bridgehead atoms. The third-order valence-electron chi connectivity index (χ3n) is 4.39. The summed E-state index contributed by atoms with van der Waals surface area (Å²) in [6.45, 7) is 5.51. The molecule has 0 atom stereocenters. The summed E-state index contributed by atoms with van der Waals surface area (Å²) in [5.41, 5.74) is 18.4. The maximum absolute atomic E-state index is 12.6. The highest BCUT2D eigenvalue weighted by molar-refractivity contribution is 6.03. The predicted molar refractivity (Wildman–Crippen MR) is 108 cm³/mol. The van der Waals surface area contributed by atoms with Crippen molar-refractivity contribution in [1.82, 2.24) is 9.88 Å². The topological polar surface area (TPSA) is 146 Å². The fourth-order valence-electron chi connectivity index (χ4n) is 2.86. The average molecular weight is 385 g/mol. The molecular formula is C20H27N5O3. The van der Waals surface area contributed by atoms with Crippen molar-refractivity contribution in [2.45, 2.75) is 26.8 Å². The number of nitrogens with zero attached hydrogens (tertiary/aromatic N) is 1. The lowest BCUT2D eigenvalue weighted by Gasteiger charge is -2.10. The Labute approximate surface area is 164 Å². The molecule has 0 radical (unpaired) electrons. The van der Waals surface area contributed by atoms with Crippen molar-refractivity contribution in [1.29, 1.82) is 0 Å². The van der Waals surface area contributed by atoms with Gasteiger partial charge < -0.3 is 27.1 Å². The molecule has 0 fully saturated rings. The van der Waals surface area contributed by atoms with Gasteiger partial charge in [0.05, 0.1) is 0 Å². The van der Waals surface area contributed by atoms with Crippen molar-refractivity contribution < 1.29 is 14.4 Å². The van der Waals surface area contributed by atoms with Gasteiger partial charge in [0.25, 0.3) is 5.91 Å². The Balaban J connectivity index is 2.55. The number of rotatable bonds is 9. The molecule has 8 heteroatoms. The molecule has 3 amide bonds. The molecule has 0 spiro atoms. The zero-order valence-corrected chi connectivity index (χ0v) is 16.2. The smallest absolute Gasteiger partial charge is 0.267 e. The summed E-state index contributed by atoms with van der Waals surface area (Å²) in [4.78, 5) is 36.0. The van der Waals surface area contributed by atoms with Crippen molar-refractivity contribution in [3.05, 3.63) is 47.3 Å².